The Morgan fingerprint density at radius 3 is 2.44 bits per heavy atom. The Hall–Kier alpha value is -4.97. The van der Waals surface area contributed by atoms with Crippen LogP contribution in [0.4, 0.5) is 31.1 Å². The average Bonchev–Trinajstić information content (AvgIpc) is 3.88. The summed E-state index contributed by atoms with van der Waals surface area (Å²) in [5.74, 6) is 0.414. The molecule has 1 unspecified atom stereocenters. The van der Waals surface area contributed by atoms with Gasteiger partial charge in [-0.3, -0.25) is 29.3 Å². The van der Waals surface area contributed by atoms with Gasteiger partial charge in [-0.2, -0.15) is 5.10 Å². The number of unbranched alkanes of at least 4 members (excludes halogenated alkanes) is 3. The van der Waals surface area contributed by atoms with Gasteiger partial charge in [-0.15, -0.1) is 11.3 Å². The first-order valence-corrected chi connectivity index (χ1v) is 23.8. The van der Waals surface area contributed by atoms with Crippen LogP contribution in [-0.2, 0) is 29.0 Å². The van der Waals surface area contributed by atoms with E-state index >= 15 is 0 Å². The number of fused-ring (bicyclic) bond motifs is 2. The normalized spacial score (nSPS) is 16.1. The van der Waals surface area contributed by atoms with Crippen molar-refractivity contribution in [1.82, 2.24) is 35.2 Å². The highest BCUT2D eigenvalue weighted by molar-refractivity contribution is 7.15. The first-order valence-electron chi connectivity index (χ1n) is 22.9. The van der Waals surface area contributed by atoms with Crippen molar-refractivity contribution in [2.45, 2.75) is 103 Å². The number of alkyl halides is 2. The number of carbonyl (C=O) groups excluding carboxylic acids is 3. The SMILES string of the molecule is CNCC(CN)c1cc2c(cc1C(F)F)N(c1nn(C3CCN(CC(=O)NCCCCCCNc4ccc(C(=O)Nc5ncc(C)s5)c(C)c4)CC3)c3c1CN(C(C)=O)CC3)CCC2. The first kappa shape index (κ1) is 47.0. The zero-order valence-corrected chi connectivity index (χ0v) is 38.6. The summed E-state index contributed by atoms with van der Waals surface area (Å²) in [6.45, 7) is 11.3. The molecule has 4 aromatic rings. The quantitative estimate of drug-likeness (QED) is 0.0631. The summed E-state index contributed by atoms with van der Waals surface area (Å²) in [6, 6.07) is 9.50. The summed E-state index contributed by atoms with van der Waals surface area (Å²) in [4.78, 5) is 49.7. The zero-order valence-electron chi connectivity index (χ0n) is 37.8. The van der Waals surface area contributed by atoms with Crippen LogP contribution in [0.25, 0.3) is 0 Å². The Bertz CT molecular complexity index is 2260. The van der Waals surface area contributed by atoms with Crippen molar-refractivity contribution in [3.63, 3.8) is 0 Å². The van der Waals surface area contributed by atoms with E-state index in [0.29, 0.717) is 61.9 Å². The minimum atomic E-state index is -2.65. The fraction of sp³-hybridized carbons (Fsp3) is 0.553. The van der Waals surface area contributed by atoms with Crippen LogP contribution in [0.15, 0.2) is 36.5 Å². The largest absolute Gasteiger partial charge is 0.385 e. The molecule has 346 valence electrons. The van der Waals surface area contributed by atoms with Gasteiger partial charge in [-0.05, 0) is 100 Å². The molecule has 5 heterocycles. The molecule has 0 spiro atoms. The van der Waals surface area contributed by atoms with E-state index in [9.17, 15) is 23.2 Å². The summed E-state index contributed by atoms with van der Waals surface area (Å²) in [6.07, 6.45) is 7.05. The number of halogens is 2. The summed E-state index contributed by atoms with van der Waals surface area (Å²) in [5, 5.41) is 18.4. The minimum absolute atomic E-state index is 0.00559. The zero-order chi connectivity index (χ0) is 45.3. The number of carbonyl (C=O) groups is 3. The van der Waals surface area contributed by atoms with Gasteiger partial charge in [0.2, 0.25) is 11.8 Å². The van der Waals surface area contributed by atoms with Crippen LogP contribution in [0.2, 0.25) is 0 Å². The van der Waals surface area contributed by atoms with Crippen molar-refractivity contribution in [2.24, 2.45) is 5.73 Å². The highest BCUT2D eigenvalue weighted by atomic mass is 32.1. The van der Waals surface area contributed by atoms with Crippen molar-refractivity contribution >= 4 is 51.4 Å². The average molecular weight is 902 g/mol. The molecule has 1 saturated heterocycles. The van der Waals surface area contributed by atoms with E-state index in [1.807, 2.05) is 50.1 Å². The van der Waals surface area contributed by atoms with Crippen LogP contribution in [0, 0.1) is 13.8 Å². The monoisotopic (exact) mass is 901 g/mol. The molecular weight excluding hydrogens is 837 g/mol. The molecule has 3 amide bonds. The maximum absolute atomic E-state index is 14.7. The van der Waals surface area contributed by atoms with Gasteiger partial charge in [-0.25, -0.2) is 13.8 Å². The molecule has 0 aliphatic carbocycles. The number of hydrogen-bond acceptors (Lipinski definition) is 11. The van der Waals surface area contributed by atoms with Gasteiger partial charge in [0.1, 0.15) is 0 Å². The van der Waals surface area contributed by atoms with Crippen LogP contribution in [0.1, 0.15) is 119 Å². The molecule has 1 fully saturated rings. The van der Waals surface area contributed by atoms with Crippen molar-refractivity contribution < 1.29 is 23.2 Å². The maximum Gasteiger partial charge on any atom is 0.264 e. The predicted molar refractivity (Wildman–Crippen MR) is 250 cm³/mol. The lowest BCUT2D eigenvalue weighted by atomic mass is 9.88. The lowest BCUT2D eigenvalue weighted by molar-refractivity contribution is -0.129. The molecular formula is C47H65F2N11O3S. The Morgan fingerprint density at radius 1 is 0.969 bits per heavy atom. The van der Waals surface area contributed by atoms with E-state index in [0.717, 1.165) is 115 Å². The third-order valence-corrected chi connectivity index (χ3v) is 13.7. The molecule has 2 aromatic carbocycles. The number of amides is 3. The second-order valence-corrected chi connectivity index (χ2v) is 18.7. The van der Waals surface area contributed by atoms with E-state index in [-0.39, 0.29) is 41.8 Å². The van der Waals surface area contributed by atoms with Crippen molar-refractivity contribution in [3.05, 3.63) is 80.5 Å². The Kier molecular flexibility index (Phi) is 16.0. The van der Waals surface area contributed by atoms with E-state index in [4.69, 9.17) is 10.8 Å². The molecule has 0 radical (unpaired) electrons. The predicted octanol–water partition coefficient (Wildman–Crippen LogP) is 6.82. The highest BCUT2D eigenvalue weighted by Gasteiger charge is 2.35. The van der Waals surface area contributed by atoms with Crippen LogP contribution in [0.5, 0.6) is 0 Å². The number of aryl methyl sites for hydroxylation is 3. The summed E-state index contributed by atoms with van der Waals surface area (Å²) >= 11 is 1.45. The number of nitrogens with one attached hydrogen (secondary N) is 4. The molecule has 6 N–H and O–H groups in total. The second kappa shape index (κ2) is 21.8. The fourth-order valence-corrected chi connectivity index (χ4v) is 10.1. The Balaban J connectivity index is 0.879. The van der Waals surface area contributed by atoms with E-state index in [2.05, 4.69) is 40.7 Å². The van der Waals surface area contributed by atoms with Gasteiger partial charge in [0, 0.05) is 116 Å². The van der Waals surface area contributed by atoms with Crippen LogP contribution < -0.4 is 31.9 Å². The molecule has 0 saturated carbocycles. The van der Waals surface area contributed by atoms with E-state index in [1.165, 1.54) is 11.3 Å². The maximum atomic E-state index is 14.7. The van der Waals surface area contributed by atoms with Gasteiger partial charge in [-0.1, -0.05) is 18.9 Å². The first-order chi connectivity index (χ1) is 30.9. The summed E-state index contributed by atoms with van der Waals surface area (Å²) < 4.78 is 31.6. The number of anilines is 4. The lowest BCUT2D eigenvalue weighted by Crippen LogP contribution is -2.42. The molecule has 17 heteroatoms. The molecule has 2 aromatic heterocycles. The van der Waals surface area contributed by atoms with Gasteiger partial charge < -0.3 is 31.5 Å². The lowest BCUT2D eigenvalue weighted by Gasteiger charge is -2.34. The molecule has 3 aliphatic heterocycles. The van der Waals surface area contributed by atoms with Crippen molar-refractivity contribution in [2.75, 3.05) is 81.5 Å². The van der Waals surface area contributed by atoms with Crippen LogP contribution in [0.3, 0.4) is 0 Å². The van der Waals surface area contributed by atoms with E-state index in [1.54, 1.807) is 19.2 Å². The minimum Gasteiger partial charge on any atom is -0.385 e. The molecule has 0 bridgehead atoms. The standard InChI is InChI=1S/C47H65F2N11O3S/c1-30-22-35(11-12-37(30)46(63)55-47-54-26-31(2)64-47)52-16-7-5-6-8-17-53-43(62)29-57-19-13-36(14-20-57)60-41-15-21-58(32(3)61)28-40(41)45(56-60)59-18-9-10-33-23-38(34(25-50)27-51-4)39(44(48)49)24-42(33)59/h11-12,22-24,26,34,36,44,51-52H,5-10,13-21,25,27-29,50H2,1-4H3,(H,53,62)(H,54,55,63). The summed E-state index contributed by atoms with van der Waals surface area (Å²) in [7, 11) is 1.81. The van der Waals surface area contributed by atoms with Gasteiger partial charge in [0.15, 0.2) is 10.9 Å². The Labute approximate surface area is 379 Å². The third kappa shape index (κ3) is 11.3. The number of nitrogens with zero attached hydrogens (tertiary/aromatic N) is 6. The number of nitrogens with two attached hydrogens (primary N) is 1. The van der Waals surface area contributed by atoms with Crippen LogP contribution >= 0.6 is 11.3 Å². The number of piperidine rings is 1. The van der Waals surface area contributed by atoms with Gasteiger partial charge >= 0.3 is 0 Å². The topological polar surface area (TPSA) is 166 Å². The van der Waals surface area contributed by atoms with Crippen molar-refractivity contribution in [1.29, 1.82) is 0 Å². The number of rotatable bonds is 19. The number of hydrogen-bond donors (Lipinski definition) is 5. The number of aromatic nitrogens is 3. The number of likely N-dealkylation sites (N-methyl/N-ethyl adjacent to an activating group) is 1. The number of thiazole rings is 1. The molecule has 14 nitrogen and oxygen atoms in total. The van der Waals surface area contributed by atoms with Crippen LogP contribution in [-0.4, -0.2) is 108 Å². The van der Waals surface area contributed by atoms with Gasteiger partial charge in [0.05, 0.1) is 19.1 Å². The molecule has 7 rings (SSSR count). The molecule has 3 aliphatic rings. The number of benzene rings is 2. The number of likely N-dealkylation sites (tertiary alicyclic amines) is 1. The smallest absolute Gasteiger partial charge is 0.264 e. The van der Waals surface area contributed by atoms with Gasteiger partial charge in [0.25, 0.3) is 12.3 Å². The van der Waals surface area contributed by atoms with Crippen molar-refractivity contribution in [3.8, 4) is 0 Å². The third-order valence-electron chi connectivity index (χ3n) is 12.9. The van der Waals surface area contributed by atoms with E-state index < -0.39 is 6.43 Å². The highest BCUT2D eigenvalue weighted by Crippen LogP contribution is 2.43. The molecule has 64 heavy (non-hydrogen) atoms. The molecule has 1 atom stereocenters. The summed E-state index contributed by atoms with van der Waals surface area (Å²) in [5.41, 5.74) is 13.1. The second-order valence-electron chi connectivity index (χ2n) is 17.5. The fourth-order valence-electron chi connectivity index (χ4n) is 9.46. The Morgan fingerprint density at radius 2 is 1.75 bits per heavy atom.